The number of carbonyl (C=O) groups excluding carboxylic acids is 1. The first-order chi connectivity index (χ1) is 9.63. The van der Waals surface area contributed by atoms with Gasteiger partial charge in [0.1, 0.15) is 0 Å². The number of fused-ring (bicyclic) bond motifs is 3. The minimum atomic E-state index is -0.384. The number of nitrogens with two attached hydrogens (primary N) is 1. The first-order valence-corrected chi connectivity index (χ1v) is 7.64. The van der Waals surface area contributed by atoms with Crippen LogP contribution in [-0.4, -0.2) is 18.1 Å². The smallest absolute Gasteiger partial charge is 0.307 e. The van der Waals surface area contributed by atoms with E-state index >= 15 is 0 Å². The van der Waals surface area contributed by atoms with E-state index in [1.54, 1.807) is 0 Å². The molecule has 20 heavy (non-hydrogen) atoms. The Morgan fingerprint density at radius 3 is 2.30 bits per heavy atom. The topological polar surface area (TPSA) is 52.3 Å². The van der Waals surface area contributed by atoms with Crippen molar-refractivity contribution in [1.29, 1.82) is 0 Å². The zero-order chi connectivity index (χ0) is 14.2. The summed E-state index contributed by atoms with van der Waals surface area (Å²) in [6.45, 7) is 2.28. The number of benzene rings is 1. The standard InChI is InChI=1S/C17H23NO2/c1-2-20-16(19)11-17(18)14-7-8-15(17)10-13-6-4-3-5-12(13)9-14/h3-6,14-15H,2,7-11,18H2,1H3. The van der Waals surface area contributed by atoms with Crippen LogP contribution in [0.2, 0.25) is 0 Å². The molecule has 1 aromatic rings. The molecule has 0 aliphatic heterocycles. The van der Waals surface area contributed by atoms with E-state index in [1.165, 1.54) is 11.1 Å². The summed E-state index contributed by atoms with van der Waals surface area (Å²) in [5.74, 6) is 0.666. The van der Waals surface area contributed by atoms with Crippen LogP contribution in [0.5, 0.6) is 0 Å². The maximum atomic E-state index is 11.9. The molecule has 0 amide bonds. The average Bonchev–Trinajstić information content (AvgIpc) is 2.61. The predicted molar refractivity (Wildman–Crippen MR) is 78.2 cm³/mol. The number of carbonyl (C=O) groups is 1. The zero-order valence-electron chi connectivity index (χ0n) is 12.1. The lowest BCUT2D eigenvalue weighted by molar-refractivity contribution is -0.145. The van der Waals surface area contributed by atoms with E-state index in [-0.39, 0.29) is 11.5 Å². The summed E-state index contributed by atoms with van der Waals surface area (Å²) < 4.78 is 5.13. The van der Waals surface area contributed by atoms with Crippen LogP contribution in [0.15, 0.2) is 24.3 Å². The van der Waals surface area contributed by atoms with Gasteiger partial charge in [-0.2, -0.15) is 0 Å². The first kappa shape index (κ1) is 13.6. The van der Waals surface area contributed by atoms with E-state index in [2.05, 4.69) is 24.3 Å². The Labute approximate surface area is 120 Å². The third-order valence-corrected chi connectivity index (χ3v) is 5.19. The molecule has 0 radical (unpaired) electrons. The molecule has 2 atom stereocenters. The molecule has 2 aliphatic carbocycles. The Morgan fingerprint density at radius 2 is 1.80 bits per heavy atom. The largest absolute Gasteiger partial charge is 0.466 e. The van der Waals surface area contributed by atoms with Crippen LogP contribution in [0.3, 0.4) is 0 Å². The van der Waals surface area contributed by atoms with Gasteiger partial charge in [0.05, 0.1) is 13.0 Å². The van der Waals surface area contributed by atoms with Gasteiger partial charge in [-0.1, -0.05) is 24.3 Å². The second-order valence-corrected chi connectivity index (χ2v) is 6.24. The molecule has 1 aromatic carbocycles. The Balaban J connectivity index is 1.86. The summed E-state index contributed by atoms with van der Waals surface area (Å²) in [6, 6.07) is 8.62. The van der Waals surface area contributed by atoms with E-state index in [4.69, 9.17) is 10.5 Å². The highest BCUT2D eigenvalue weighted by Crippen LogP contribution is 2.47. The van der Waals surface area contributed by atoms with Crippen molar-refractivity contribution in [3.8, 4) is 0 Å². The number of esters is 1. The van der Waals surface area contributed by atoms with Gasteiger partial charge in [-0.25, -0.2) is 0 Å². The van der Waals surface area contributed by atoms with Gasteiger partial charge in [-0.15, -0.1) is 0 Å². The van der Waals surface area contributed by atoms with Crippen molar-refractivity contribution in [3.05, 3.63) is 35.4 Å². The molecule has 2 aliphatic rings. The van der Waals surface area contributed by atoms with Crippen molar-refractivity contribution in [2.24, 2.45) is 17.6 Å². The van der Waals surface area contributed by atoms with Crippen LogP contribution in [0, 0.1) is 11.8 Å². The van der Waals surface area contributed by atoms with E-state index in [1.807, 2.05) is 6.92 Å². The molecule has 0 aromatic heterocycles. The third kappa shape index (κ3) is 2.24. The predicted octanol–water partition coefficient (Wildman–Crippen LogP) is 2.46. The maximum Gasteiger partial charge on any atom is 0.307 e. The lowest BCUT2D eigenvalue weighted by atomic mass is 9.77. The molecule has 0 saturated heterocycles. The fourth-order valence-electron chi connectivity index (χ4n) is 4.09. The molecule has 3 rings (SSSR count). The minimum absolute atomic E-state index is 0.141. The lowest BCUT2D eigenvalue weighted by Crippen LogP contribution is -2.51. The van der Waals surface area contributed by atoms with Gasteiger partial charge in [0.2, 0.25) is 0 Å². The molecule has 3 nitrogen and oxygen atoms in total. The number of hydrogen-bond donors (Lipinski definition) is 1. The van der Waals surface area contributed by atoms with Gasteiger partial charge in [-0.05, 0) is 55.6 Å². The quantitative estimate of drug-likeness (QED) is 0.861. The molecule has 0 heterocycles. The highest BCUT2D eigenvalue weighted by Gasteiger charge is 2.50. The first-order valence-electron chi connectivity index (χ1n) is 7.64. The third-order valence-electron chi connectivity index (χ3n) is 5.19. The van der Waals surface area contributed by atoms with Crippen LogP contribution in [0.4, 0.5) is 0 Å². The highest BCUT2D eigenvalue weighted by atomic mass is 16.5. The van der Waals surface area contributed by atoms with Gasteiger partial charge in [-0.3, -0.25) is 4.79 Å². The number of ether oxygens (including phenoxy) is 1. The Kier molecular flexibility index (Phi) is 3.55. The summed E-state index contributed by atoms with van der Waals surface area (Å²) in [7, 11) is 0. The molecule has 3 heteroatoms. The van der Waals surface area contributed by atoms with Crippen LogP contribution >= 0.6 is 0 Å². The fourth-order valence-corrected chi connectivity index (χ4v) is 4.09. The van der Waals surface area contributed by atoms with Gasteiger partial charge in [0, 0.05) is 5.54 Å². The summed E-state index contributed by atoms with van der Waals surface area (Å²) in [5.41, 5.74) is 9.17. The monoisotopic (exact) mass is 273 g/mol. The molecule has 2 bridgehead atoms. The molecule has 2 N–H and O–H groups in total. The molecular weight excluding hydrogens is 250 g/mol. The van der Waals surface area contributed by atoms with Crippen LogP contribution < -0.4 is 5.73 Å². The molecule has 1 fully saturated rings. The van der Waals surface area contributed by atoms with E-state index < -0.39 is 0 Å². The second kappa shape index (κ2) is 5.21. The van der Waals surface area contributed by atoms with Crippen molar-refractivity contribution < 1.29 is 9.53 Å². The van der Waals surface area contributed by atoms with E-state index in [0.717, 1.165) is 25.7 Å². The summed E-state index contributed by atoms with van der Waals surface area (Å²) in [5, 5.41) is 0. The van der Waals surface area contributed by atoms with Crippen molar-refractivity contribution in [1.82, 2.24) is 0 Å². The van der Waals surface area contributed by atoms with Crippen LogP contribution in [0.1, 0.15) is 37.3 Å². The van der Waals surface area contributed by atoms with Crippen molar-refractivity contribution in [3.63, 3.8) is 0 Å². The second-order valence-electron chi connectivity index (χ2n) is 6.24. The van der Waals surface area contributed by atoms with E-state index in [9.17, 15) is 4.79 Å². The maximum absolute atomic E-state index is 11.9. The van der Waals surface area contributed by atoms with Crippen molar-refractivity contribution in [2.45, 2.75) is 44.6 Å². The molecule has 1 saturated carbocycles. The Bertz CT molecular complexity index is 478. The lowest BCUT2D eigenvalue weighted by Gasteiger charge is -2.34. The fraction of sp³-hybridized carbons (Fsp3) is 0.588. The van der Waals surface area contributed by atoms with Crippen LogP contribution in [-0.2, 0) is 22.4 Å². The normalized spacial score (nSPS) is 31.5. The van der Waals surface area contributed by atoms with Gasteiger partial charge < -0.3 is 10.5 Å². The van der Waals surface area contributed by atoms with Crippen molar-refractivity contribution >= 4 is 5.97 Å². The van der Waals surface area contributed by atoms with Gasteiger partial charge >= 0.3 is 5.97 Å². The van der Waals surface area contributed by atoms with Crippen molar-refractivity contribution in [2.75, 3.05) is 6.61 Å². The summed E-state index contributed by atoms with van der Waals surface area (Å²) in [6.07, 6.45) is 4.64. The molecule has 108 valence electrons. The van der Waals surface area contributed by atoms with E-state index in [0.29, 0.717) is 24.9 Å². The SMILES string of the molecule is CCOC(=O)CC1(N)C2CCC1Cc1ccccc1C2. The van der Waals surface area contributed by atoms with Crippen LogP contribution in [0.25, 0.3) is 0 Å². The Morgan fingerprint density at radius 1 is 1.25 bits per heavy atom. The molecule has 0 spiro atoms. The highest BCUT2D eigenvalue weighted by molar-refractivity contribution is 5.71. The average molecular weight is 273 g/mol. The Hall–Kier alpha value is -1.35. The van der Waals surface area contributed by atoms with Gasteiger partial charge in [0.15, 0.2) is 0 Å². The molecule has 2 unspecified atom stereocenters. The van der Waals surface area contributed by atoms with Gasteiger partial charge in [0.25, 0.3) is 0 Å². The number of rotatable bonds is 3. The minimum Gasteiger partial charge on any atom is -0.466 e. The zero-order valence-corrected chi connectivity index (χ0v) is 12.1. The summed E-state index contributed by atoms with van der Waals surface area (Å²) in [4.78, 5) is 11.9. The number of hydrogen-bond acceptors (Lipinski definition) is 3. The molecular formula is C17H23NO2. The summed E-state index contributed by atoms with van der Waals surface area (Å²) >= 11 is 0.